The second-order valence-electron chi connectivity index (χ2n) is 4.00. The Balaban J connectivity index is 0.00000200. The van der Waals surface area contributed by atoms with E-state index in [4.69, 9.17) is 11.6 Å². The molecule has 1 aliphatic rings. The smallest absolute Gasteiger partial charge is 0.290 e. The molecule has 0 bridgehead atoms. The molecule has 0 aromatic heterocycles. The number of nitrogens with one attached hydrogen (secondary N) is 1. The summed E-state index contributed by atoms with van der Waals surface area (Å²) in [7, 11) is -3.95. The highest BCUT2D eigenvalue weighted by Gasteiger charge is 2.34. The van der Waals surface area contributed by atoms with Crippen molar-refractivity contribution in [1.82, 2.24) is 9.62 Å². The number of nitrogens with zero attached hydrogens (tertiary/aromatic N) is 2. The lowest BCUT2D eigenvalue weighted by Gasteiger charge is -2.26. The van der Waals surface area contributed by atoms with E-state index < -0.39 is 25.5 Å². The highest BCUT2D eigenvalue weighted by atomic mass is 35.5. The number of halogens is 2. The summed E-state index contributed by atoms with van der Waals surface area (Å²) in [6, 6.07) is 3.84. The van der Waals surface area contributed by atoms with Gasteiger partial charge in [-0.1, -0.05) is 17.7 Å². The number of benzene rings is 1. The van der Waals surface area contributed by atoms with Crippen LogP contribution in [0.5, 0.6) is 0 Å². The normalized spacial score (nSPS) is 16.4. The summed E-state index contributed by atoms with van der Waals surface area (Å²) in [5, 5.41) is 13.8. The van der Waals surface area contributed by atoms with Gasteiger partial charge in [-0.3, -0.25) is 10.1 Å². The third-order valence-corrected chi connectivity index (χ3v) is 5.23. The van der Waals surface area contributed by atoms with Crippen LogP contribution in [-0.4, -0.2) is 43.8 Å². The van der Waals surface area contributed by atoms with Crippen LogP contribution >= 0.6 is 24.0 Å². The maximum absolute atomic E-state index is 12.4. The van der Waals surface area contributed by atoms with Crippen molar-refractivity contribution in [2.45, 2.75) is 4.90 Å². The van der Waals surface area contributed by atoms with Gasteiger partial charge in [0.15, 0.2) is 4.90 Å². The van der Waals surface area contributed by atoms with Gasteiger partial charge in [0.05, 0.1) is 9.95 Å². The van der Waals surface area contributed by atoms with Crippen LogP contribution in [0.1, 0.15) is 0 Å². The average molecular weight is 342 g/mol. The Bertz CT molecular complexity index is 603. The Kier molecular flexibility index (Phi) is 5.72. The molecule has 0 unspecified atom stereocenters. The van der Waals surface area contributed by atoms with E-state index in [9.17, 15) is 18.5 Å². The number of rotatable bonds is 3. The third-order valence-electron chi connectivity index (χ3n) is 2.82. The molecule has 1 aromatic carbocycles. The molecule has 0 aliphatic carbocycles. The zero-order valence-corrected chi connectivity index (χ0v) is 12.7. The average Bonchev–Trinajstić information content (AvgIpc) is 2.39. The molecule has 0 saturated carbocycles. The van der Waals surface area contributed by atoms with Crippen LogP contribution in [0.15, 0.2) is 23.1 Å². The third kappa shape index (κ3) is 3.21. The van der Waals surface area contributed by atoms with Crippen LogP contribution in [0.25, 0.3) is 0 Å². The topological polar surface area (TPSA) is 92.5 Å². The van der Waals surface area contributed by atoms with Crippen molar-refractivity contribution in [2.75, 3.05) is 26.2 Å². The van der Waals surface area contributed by atoms with E-state index in [1.807, 2.05) is 0 Å². The fraction of sp³-hybridized carbons (Fsp3) is 0.400. The quantitative estimate of drug-likeness (QED) is 0.660. The van der Waals surface area contributed by atoms with Crippen LogP contribution in [0, 0.1) is 10.1 Å². The van der Waals surface area contributed by atoms with Crippen molar-refractivity contribution in [1.29, 1.82) is 0 Å². The second kappa shape index (κ2) is 6.68. The van der Waals surface area contributed by atoms with Crippen molar-refractivity contribution < 1.29 is 13.3 Å². The van der Waals surface area contributed by atoms with Crippen LogP contribution in [-0.2, 0) is 10.0 Å². The van der Waals surface area contributed by atoms with Gasteiger partial charge in [-0.25, -0.2) is 8.42 Å². The van der Waals surface area contributed by atoms with Gasteiger partial charge in [0.1, 0.15) is 0 Å². The van der Waals surface area contributed by atoms with Gasteiger partial charge < -0.3 is 5.32 Å². The molecule has 1 aliphatic heterocycles. The van der Waals surface area contributed by atoms with Crippen LogP contribution in [0.2, 0.25) is 5.02 Å². The summed E-state index contributed by atoms with van der Waals surface area (Å²) in [4.78, 5) is 9.79. The first-order valence-electron chi connectivity index (χ1n) is 5.58. The Morgan fingerprint density at radius 2 is 1.90 bits per heavy atom. The summed E-state index contributed by atoms with van der Waals surface area (Å²) in [6.45, 7) is 1.56. The first-order chi connectivity index (χ1) is 8.94. The maximum Gasteiger partial charge on any atom is 0.290 e. The van der Waals surface area contributed by atoms with E-state index in [-0.39, 0.29) is 30.5 Å². The van der Waals surface area contributed by atoms with Gasteiger partial charge in [-0.2, -0.15) is 4.31 Å². The maximum atomic E-state index is 12.4. The first-order valence-corrected chi connectivity index (χ1v) is 7.40. The van der Waals surface area contributed by atoms with E-state index in [1.165, 1.54) is 16.4 Å². The lowest BCUT2D eigenvalue weighted by molar-refractivity contribution is -0.387. The van der Waals surface area contributed by atoms with Gasteiger partial charge in [0.2, 0.25) is 0 Å². The number of hydrogen-bond donors (Lipinski definition) is 1. The summed E-state index contributed by atoms with van der Waals surface area (Å²) in [6.07, 6.45) is 0. The summed E-state index contributed by atoms with van der Waals surface area (Å²) < 4.78 is 26.1. The molecule has 1 N–H and O–H groups in total. The van der Waals surface area contributed by atoms with E-state index >= 15 is 0 Å². The van der Waals surface area contributed by atoms with Crippen molar-refractivity contribution in [3.05, 3.63) is 33.3 Å². The minimum Gasteiger partial charge on any atom is -0.314 e. The standard InChI is InChI=1S/C10H12ClN3O4S.ClH/c11-8-2-1-3-9(14(15)16)10(8)19(17,18)13-6-4-12-5-7-13;/h1-3,12H,4-7H2;1H. The molecule has 1 heterocycles. The summed E-state index contributed by atoms with van der Waals surface area (Å²) in [5.74, 6) is 0. The van der Waals surface area contributed by atoms with E-state index in [1.54, 1.807) is 0 Å². The number of sulfonamides is 1. The fourth-order valence-electron chi connectivity index (χ4n) is 1.91. The highest BCUT2D eigenvalue weighted by molar-refractivity contribution is 7.89. The summed E-state index contributed by atoms with van der Waals surface area (Å²) in [5.41, 5.74) is -0.494. The number of nitro groups is 1. The number of hydrogen-bond acceptors (Lipinski definition) is 5. The zero-order valence-electron chi connectivity index (χ0n) is 10.3. The Hall–Kier alpha value is -0.930. The molecule has 0 amide bonds. The van der Waals surface area contributed by atoms with Crippen molar-refractivity contribution in [3.63, 3.8) is 0 Å². The highest BCUT2D eigenvalue weighted by Crippen LogP contribution is 2.33. The molecule has 112 valence electrons. The summed E-state index contributed by atoms with van der Waals surface area (Å²) >= 11 is 5.85. The molecule has 0 radical (unpaired) electrons. The molecule has 0 spiro atoms. The van der Waals surface area contributed by atoms with Gasteiger partial charge in [-0.15, -0.1) is 12.4 Å². The van der Waals surface area contributed by atoms with Crippen LogP contribution in [0.4, 0.5) is 5.69 Å². The van der Waals surface area contributed by atoms with E-state index in [0.29, 0.717) is 13.1 Å². The van der Waals surface area contributed by atoms with E-state index in [0.717, 1.165) is 6.07 Å². The molecule has 0 atom stereocenters. The van der Waals surface area contributed by atoms with Crippen molar-refractivity contribution in [3.8, 4) is 0 Å². The second-order valence-corrected chi connectivity index (χ2v) is 6.28. The van der Waals surface area contributed by atoms with Crippen molar-refractivity contribution >= 4 is 39.7 Å². The number of nitro benzene ring substituents is 1. The van der Waals surface area contributed by atoms with Gasteiger partial charge in [-0.05, 0) is 6.07 Å². The molecule has 1 aromatic rings. The Morgan fingerprint density at radius 1 is 1.30 bits per heavy atom. The van der Waals surface area contributed by atoms with Crippen molar-refractivity contribution in [2.24, 2.45) is 0 Å². The first kappa shape index (κ1) is 17.1. The number of piperazine rings is 1. The minimum absolute atomic E-state index is 0. The lowest BCUT2D eigenvalue weighted by Crippen LogP contribution is -2.46. The minimum atomic E-state index is -3.95. The molecule has 1 fully saturated rings. The molecule has 7 nitrogen and oxygen atoms in total. The van der Waals surface area contributed by atoms with Gasteiger partial charge in [0, 0.05) is 32.2 Å². The lowest BCUT2D eigenvalue weighted by atomic mass is 10.3. The predicted octanol–water partition coefficient (Wildman–Crippen LogP) is 1.26. The van der Waals surface area contributed by atoms with Crippen LogP contribution < -0.4 is 5.32 Å². The largest absolute Gasteiger partial charge is 0.314 e. The van der Waals surface area contributed by atoms with Gasteiger partial charge in [0.25, 0.3) is 15.7 Å². The van der Waals surface area contributed by atoms with Crippen LogP contribution in [0.3, 0.4) is 0 Å². The fourth-order valence-corrected chi connectivity index (χ4v) is 4.02. The van der Waals surface area contributed by atoms with Gasteiger partial charge >= 0.3 is 0 Å². The Labute approximate surface area is 127 Å². The monoisotopic (exact) mass is 341 g/mol. The molecular formula is C10H13Cl2N3O4S. The molecule has 10 heteroatoms. The zero-order chi connectivity index (χ0) is 14.0. The Morgan fingerprint density at radius 3 is 2.45 bits per heavy atom. The molecule has 2 rings (SSSR count). The SMILES string of the molecule is Cl.O=[N+]([O-])c1cccc(Cl)c1S(=O)(=O)N1CCNCC1. The molecule has 1 saturated heterocycles. The molecule has 20 heavy (non-hydrogen) atoms. The molecular weight excluding hydrogens is 329 g/mol. The predicted molar refractivity (Wildman–Crippen MR) is 77.0 cm³/mol. The van der Waals surface area contributed by atoms with E-state index in [2.05, 4.69) is 5.32 Å².